The van der Waals surface area contributed by atoms with Crippen molar-refractivity contribution in [2.75, 3.05) is 46.8 Å². The van der Waals surface area contributed by atoms with Gasteiger partial charge in [-0.3, -0.25) is 9.59 Å². The lowest BCUT2D eigenvalue weighted by atomic mass is 10.0. The zero-order valence-corrected chi connectivity index (χ0v) is 16.3. The number of carbonyl (C=O) groups is 2. The minimum atomic E-state index is -0.174. The third-order valence-electron chi connectivity index (χ3n) is 3.81. The molecule has 1 N–H and O–H groups in total. The molecule has 0 bridgehead atoms. The molecule has 8 nitrogen and oxygen atoms in total. The number of nitrogens with one attached hydrogen (secondary N) is 1. The Morgan fingerprint density at radius 1 is 1.11 bits per heavy atom. The Kier molecular flexibility index (Phi) is 6.84. The fourth-order valence-electron chi connectivity index (χ4n) is 2.37. The van der Waals surface area contributed by atoms with Gasteiger partial charge in [0, 0.05) is 53.6 Å². The van der Waals surface area contributed by atoms with Gasteiger partial charge in [-0.1, -0.05) is 24.3 Å². The van der Waals surface area contributed by atoms with E-state index in [1.165, 1.54) is 12.0 Å². The number of nitrogens with zero attached hydrogens (tertiary/aromatic N) is 4. The summed E-state index contributed by atoms with van der Waals surface area (Å²) in [5.41, 5.74) is 2.75. The molecule has 144 valence electrons. The molecule has 0 spiro atoms. The van der Waals surface area contributed by atoms with Gasteiger partial charge in [-0.15, -0.1) is 0 Å². The minimum absolute atomic E-state index is 0.0301. The first-order chi connectivity index (χ1) is 12.8. The third-order valence-corrected chi connectivity index (χ3v) is 3.81. The number of methoxy groups -OCH3 is 1. The molecule has 0 saturated heterocycles. The minimum Gasteiger partial charge on any atom is -0.375 e. The summed E-state index contributed by atoms with van der Waals surface area (Å²) >= 11 is 0. The Morgan fingerprint density at radius 3 is 2.33 bits per heavy atom. The normalized spacial score (nSPS) is 10.4. The monoisotopic (exact) mass is 371 g/mol. The van der Waals surface area contributed by atoms with Gasteiger partial charge in [0.1, 0.15) is 6.61 Å². The number of aromatic nitrogens is 2. The van der Waals surface area contributed by atoms with Gasteiger partial charge in [0.15, 0.2) is 0 Å². The molecule has 0 fully saturated rings. The van der Waals surface area contributed by atoms with E-state index in [4.69, 9.17) is 4.74 Å². The second-order valence-corrected chi connectivity index (χ2v) is 6.43. The van der Waals surface area contributed by atoms with Gasteiger partial charge in [-0.05, 0) is 5.56 Å². The average molecular weight is 371 g/mol. The van der Waals surface area contributed by atoms with Crippen LogP contribution in [0, 0.1) is 0 Å². The quantitative estimate of drug-likeness (QED) is 0.786. The summed E-state index contributed by atoms with van der Waals surface area (Å²) in [4.78, 5) is 36.1. The van der Waals surface area contributed by atoms with Crippen molar-refractivity contribution in [2.24, 2.45) is 0 Å². The van der Waals surface area contributed by atoms with Crippen LogP contribution >= 0.6 is 0 Å². The molecule has 0 unspecified atom stereocenters. The van der Waals surface area contributed by atoms with E-state index in [0.717, 1.165) is 11.1 Å². The molecule has 8 heteroatoms. The van der Waals surface area contributed by atoms with Crippen LogP contribution in [0.2, 0.25) is 0 Å². The molecule has 0 aliphatic rings. The van der Waals surface area contributed by atoms with Crippen molar-refractivity contribution >= 4 is 17.8 Å². The van der Waals surface area contributed by atoms with Crippen molar-refractivity contribution in [3.05, 3.63) is 41.6 Å². The van der Waals surface area contributed by atoms with Crippen LogP contribution in [0.5, 0.6) is 0 Å². The molecule has 0 radical (unpaired) electrons. The van der Waals surface area contributed by atoms with Gasteiger partial charge in [0.05, 0.1) is 11.3 Å². The summed E-state index contributed by atoms with van der Waals surface area (Å²) < 4.78 is 4.79. The van der Waals surface area contributed by atoms with Crippen LogP contribution in [0.3, 0.4) is 0 Å². The second-order valence-electron chi connectivity index (χ2n) is 6.43. The van der Waals surface area contributed by atoms with Crippen LogP contribution in [0.1, 0.15) is 15.9 Å². The molecule has 2 rings (SSSR count). The fraction of sp³-hybridized carbons (Fsp3) is 0.368. The second kappa shape index (κ2) is 9.09. The number of amides is 2. The van der Waals surface area contributed by atoms with Gasteiger partial charge in [-0.25, -0.2) is 9.97 Å². The van der Waals surface area contributed by atoms with E-state index in [9.17, 15) is 9.59 Å². The van der Waals surface area contributed by atoms with E-state index in [0.29, 0.717) is 23.8 Å². The van der Waals surface area contributed by atoms with Crippen molar-refractivity contribution in [1.29, 1.82) is 0 Å². The predicted octanol–water partition coefficient (Wildman–Crippen LogP) is 1.17. The lowest BCUT2D eigenvalue weighted by Gasteiger charge is -2.16. The van der Waals surface area contributed by atoms with Crippen molar-refractivity contribution in [3.63, 3.8) is 0 Å². The highest BCUT2D eigenvalue weighted by Crippen LogP contribution is 2.24. The number of rotatable bonds is 7. The maximum atomic E-state index is 12.5. The number of benzene rings is 1. The Bertz CT molecular complexity index is 803. The Labute approximate surface area is 159 Å². The number of hydrogen-bond acceptors (Lipinski definition) is 6. The molecule has 1 aromatic heterocycles. The van der Waals surface area contributed by atoms with E-state index in [1.54, 1.807) is 25.2 Å². The van der Waals surface area contributed by atoms with Gasteiger partial charge in [0.25, 0.3) is 5.91 Å². The average Bonchev–Trinajstić information content (AvgIpc) is 2.66. The molecule has 0 atom stereocenters. The summed E-state index contributed by atoms with van der Waals surface area (Å²) in [5, 5.41) is 2.77. The molecule has 1 aromatic carbocycles. The first-order valence-electron chi connectivity index (χ1n) is 8.44. The molecule has 1 heterocycles. The van der Waals surface area contributed by atoms with Crippen LogP contribution in [0.25, 0.3) is 11.3 Å². The van der Waals surface area contributed by atoms with Gasteiger partial charge in [-0.2, -0.15) is 0 Å². The Morgan fingerprint density at radius 2 is 1.78 bits per heavy atom. The first-order valence-corrected chi connectivity index (χ1v) is 8.44. The highest BCUT2D eigenvalue weighted by atomic mass is 16.5. The number of ether oxygens (including phenoxy) is 1. The number of anilines is 1. The van der Waals surface area contributed by atoms with E-state index in [1.807, 2.05) is 38.4 Å². The van der Waals surface area contributed by atoms with Gasteiger partial charge in [0.2, 0.25) is 11.9 Å². The molecular formula is C19H25N5O3. The molecule has 0 aliphatic heterocycles. The van der Waals surface area contributed by atoms with Crippen LogP contribution in [0.15, 0.2) is 30.5 Å². The number of hydrogen-bond donors (Lipinski definition) is 1. The van der Waals surface area contributed by atoms with Crippen molar-refractivity contribution in [1.82, 2.24) is 20.2 Å². The van der Waals surface area contributed by atoms with Gasteiger partial charge >= 0.3 is 0 Å². The molecular weight excluding hydrogens is 346 g/mol. The first kappa shape index (κ1) is 20.3. The maximum absolute atomic E-state index is 12.5. The zero-order valence-electron chi connectivity index (χ0n) is 16.3. The molecule has 2 amide bonds. The van der Waals surface area contributed by atoms with Gasteiger partial charge < -0.3 is 19.9 Å². The fourth-order valence-corrected chi connectivity index (χ4v) is 2.37. The SMILES string of the molecule is COCC(=O)NCc1ccc(-c2nc(N(C)C)ncc2C(=O)N(C)C)cc1. The largest absolute Gasteiger partial charge is 0.375 e. The lowest BCUT2D eigenvalue weighted by molar-refractivity contribution is -0.124. The number of carbonyl (C=O) groups excluding carboxylic acids is 2. The summed E-state index contributed by atoms with van der Waals surface area (Å²) in [5.74, 6) is 0.189. The zero-order chi connectivity index (χ0) is 20.0. The maximum Gasteiger partial charge on any atom is 0.257 e. The van der Waals surface area contributed by atoms with Crippen molar-refractivity contribution < 1.29 is 14.3 Å². The molecule has 27 heavy (non-hydrogen) atoms. The van der Waals surface area contributed by atoms with Crippen LogP contribution < -0.4 is 10.2 Å². The summed E-state index contributed by atoms with van der Waals surface area (Å²) in [7, 11) is 8.55. The molecule has 2 aromatic rings. The summed E-state index contributed by atoms with van der Waals surface area (Å²) in [6.07, 6.45) is 1.55. The predicted molar refractivity (Wildman–Crippen MR) is 104 cm³/mol. The van der Waals surface area contributed by atoms with Crippen molar-refractivity contribution in [3.8, 4) is 11.3 Å². The highest BCUT2D eigenvalue weighted by molar-refractivity contribution is 5.99. The topological polar surface area (TPSA) is 87.7 Å². The van der Waals surface area contributed by atoms with Crippen LogP contribution in [-0.4, -0.2) is 68.6 Å². The summed E-state index contributed by atoms with van der Waals surface area (Å²) in [6.45, 7) is 0.432. The van der Waals surface area contributed by atoms with E-state index in [-0.39, 0.29) is 18.4 Å². The Hall–Kier alpha value is -3.00. The Balaban J connectivity index is 2.31. The van der Waals surface area contributed by atoms with Crippen molar-refractivity contribution in [2.45, 2.75) is 6.54 Å². The van der Waals surface area contributed by atoms with E-state index in [2.05, 4.69) is 15.3 Å². The smallest absolute Gasteiger partial charge is 0.257 e. The third kappa shape index (κ3) is 5.24. The van der Waals surface area contributed by atoms with Crippen LogP contribution in [-0.2, 0) is 16.1 Å². The van der Waals surface area contributed by atoms with E-state index < -0.39 is 0 Å². The highest BCUT2D eigenvalue weighted by Gasteiger charge is 2.18. The van der Waals surface area contributed by atoms with E-state index >= 15 is 0 Å². The standard InChI is InChI=1S/C19H25N5O3/c1-23(2)18(26)15-11-21-19(24(3)4)22-17(15)14-8-6-13(7-9-14)10-20-16(25)12-27-5/h6-9,11H,10,12H2,1-5H3,(H,20,25). The van der Waals surface area contributed by atoms with Crippen LogP contribution in [0.4, 0.5) is 5.95 Å². The summed E-state index contributed by atoms with van der Waals surface area (Å²) in [6, 6.07) is 7.55. The lowest BCUT2D eigenvalue weighted by Crippen LogP contribution is -2.26. The molecule has 0 aliphatic carbocycles. The molecule has 0 saturated carbocycles.